The molecule has 0 atom stereocenters. The predicted octanol–water partition coefficient (Wildman–Crippen LogP) is -0.489. The number of aromatic hydroxyl groups is 1. The summed E-state index contributed by atoms with van der Waals surface area (Å²) < 4.78 is 4.42. The van der Waals surface area contributed by atoms with Crippen molar-refractivity contribution in [1.82, 2.24) is 0 Å². The van der Waals surface area contributed by atoms with Gasteiger partial charge >= 0.3 is 5.97 Å². The van der Waals surface area contributed by atoms with Crippen molar-refractivity contribution in [3.05, 3.63) is 29.8 Å². The van der Waals surface area contributed by atoms with Crippen LogP contribution in [0.3, 0.4) is 0 Å². The van der Waals surface area contributed by atoms with Crippen LogP contribution in [0.5, 0.6) is 5.75 Å². The molecule has 0 aromatic heterocycles. The van der Waals surface area contributed by atoms with Crippen LogP contribution in [-0.4, -0.2) is 52.8 Å². The summed E-state index contributed by atoms with van der Waals surface area (Å²) in [6.45, 7) is -0.729. The predicted molar refractivity (Wildman–Crippen MR) is 59.6 cm³/mol. The van der Waals surface area contributed by atoms with Gasteiger partial charge in [0.25, 0.3) is 0 Å². The van der Waals surface area contributed by atoms with Gasteiger partial charge in [-0.25, -0.2) is 4.79 Å². The van der Waals surface area contributed by atoms with E-state index in [9.17, 15) is 4.79 Å². The van der Waals surface area contributed by atoms with Crippen molar-refractivity contribution >= 4 is 5.97 Å². The van der Waals surface area contributed by atoms with E-state index in [0.717, 1.165) is 0 Å². The highest BCUT2D eigenvalue weighted by atomic mass is 16.5. The third kappa shape index (κ3) is 5.86. The minimum absolute atomic E-state index is 0.0562. The summed E-state index contributed by atoms with van der Waals surface area (Å²) in [6, 6.07) is 6.24. The van der Waals surface area contributed by atoms with Gasteiger partial charge in [-0.15, -0.1) is 0 Å². The zero-order chi connectivity index (χ0) is 13.3. The Labute approximate surface area is 98.7 Å². The molecular weight excluding hydrogens is 228 g/mol. The van der Waals surface area contributed by atoms with E-state index >= 15 is 0 Å². The second-order valence-electron chi connectivity index (χ2n) is 3.03. The Bertz CT molecular complexity index is 334. The van der Waals surface area contributed by atoms with Crippen molar-refractivity contribution in [1.29, 1.82) is 0 Å². The number of phenolic OH excluding ortho intramolecular Hbond substituents is 1. The van der Waals surface area contributed by atoms with Crippen molar-refractivity contribution < 1.29 is 30.0 Å². The zero-order valence-electron chi connectivity index (χ0n) is 9.41. The molecule has 0 bridgehead atoms. The molecule has 0 fully saturated rings. The van der Waals surface area contributed by atoms with Gasteiger partial charge in [-0.05, 0) is 12.1 Å². The Morgan fingerprint density at radius 3 is 2.18 bits per heavy atom. The zero-order valence-corrected chi connectivity index (χ0v) is 9.41. The van der Waals surface area contributed by atoms with Crippen LogP contribution in [-0.2, 0) is 4.74 Å². The molecule has 0 aliphatic carbocycles. The van der Waals surface area contributed by atoms with Crippen molar-refractivity contribution in [2.45, 2.75) is 6.10 Å². The number of hydrogen-bond donors (Lipinski definition) is 4. The quantitative estimate of drug-likeness (QED) is 0.534. The Balaban J connectivity index is 0.000000366. The topological polar surface area (TPSA) is 107 Å². The summed E-state index contributed by atoms with van der Waals surface area (Å²) >= 11 is 0. The number of benzene rings is 1. The summed E-state index contributed by atoms with van der Waals surface area (Å²) in [5, 5.41) is 33.1. The molecule has 1 aromatic rings. The van der Waals surface area contributed by atoms with Gasteiger partial charge in [-0.3, -0.25) is 0 Å². The first-order chi connectivity index (χ1) is 8.06. The summed E-state index contributed by atoms with van der Waals surface area (Å²) in [6.07, 6.45) is -0.954. The number of phenols is 1. The highest BCUT2D eigenvalue weighted by Crippen LogP contribution is 2.15. The van der Waals surface area contributed by atoms with Gasteiger partial charge in [-0.2, -0.15) is 0 Å². The lowest BCUT2D eigenvalue weighted by molar-refractivity contribution is 0.0450. The van der Waals surface area contributed by atoms with Crippen LogP contribution in [0.15, 0.2) is 24.3 Å². The van der Waals surface area contributed by atoms with Gasteiger partial charge in [0.2, 0.25) is 0 Å². The molecule has 0 radical (unpaired) electrons. The number of para-hydroxylation sites is 1. The maximum atomic E-state index is 10.9. The largest absolute Gasteiger partial charge is 0.507 e. The van der Waals surface area contributed by atoms with Crippen molar-refractivity contribution in [2.24, 2.45) is 0 Å². The van der Waals surface area contributed by atoms with Gasteiger partial charge in [0.1, 0.15) is 17.4 Å². The second kappa shape index (κ2) is 8.51. The van der Waals surface area contributed by atoms with Crippen molar-refractivity contribution in [3.63, 3.8) is 0 Å². The van der Waals surface area contributed by atoms with E-state index in [1.807, 2.05) is 0 Å². The van der Waals surface area contributed by atoms with Crippen LogP contribution in [0.1, 0.15) is 10.4 Å². The standard InChI is InChI=1S/C8H8O3.C3H8O3/c1-11-8(10)6-4-2-3-5-7(6)9;4-1-3(6)2-5/h2-5,9H,1H3;3-6H,1-2H2. The molecule has 1 rings (SSSR count). The van der Waals surface area contributed by atoms with Gasteiger partial charge in [0.05, 0.1) is 20.3 Å². The molecule has 0 spiro atoms. The summed E-state index contributed by atoms with van der Waals surface area (Å²) in [5.41, 5.74) is 0.190. The maximum Gasteiger partial charge on any atom is 0.341 e. The van der Waals surface area contributed by atoms with Crippen molar-refractivity contribution in [2.75, 3.05) is 20.3 Å². The average molecular weight is 244 g/mol. The van der Waals surface area contributed by atoms with Crippen LogP contribution in [0.25, 0.3) is 0 Å². The molecule has 0 aliphatic rings. The van der Waals surface area contributed by atoms with Crippen LogP contribution < -0.4 is 0 Å². The van der Waals surface area contributed by atoms with E-state index in [1.165, 1.54) is 19.2 Å². The molecule has 0 saturated heterocycles. The first kappa shape index (κ1) is 15.4. The molecule has 0 unspecified atom stereocenters. The number of hydrogen-bond acceptors (Lipinski definition) is 6. The van der Waals surface area contributed by atoms with Crippen LogP contribution in [0.4, 0.5) is 0 Å². The van der Waals surface area contributed by atoms with E-state index in [4.69, 9.17) is 20.4 Å². The molecule has 6 nitrogen and oxygen atoms in total. The van der Waals surface area contributed by atoms with E-state index < -0.39 is 12.1 Å². The lowest BCUT2D eigenvalue weighted by Gasteiger charge is -1.99. The third-order valence-electron chi connectivity index (χ3n) is 1.73. The normalized spacial score (nSPS) is 9.47. The van der Waals surface area contributed by atoms with Crippen LogP contribution in [0.2, 0.25) is 0 Å². The average Bonchev–Trinajstić information content (AvgIpc) is 2.38. The number of rotatable bonds is 3. The first-order valence-electron chi connectivity index (χ1n) is 4.82. The lowest BCUT2D eigenvalue weighted by Crippen LogP contribution is -2.15. The molecule has 0 heterocycles. The van der Waals surface area contributed by atoms with Crippen LogP contribution >= 0.6 is 0 Å². The fraction of sp³-hybridized carbons (Fsp3) is 0.364. The van der Waals surface area contributed by atoms with Gasteiger partial charge in [0, 0.05) is 0 Å². The van der Waals surface area contributed by atoms with E-state index in [1.54, 1.807) is 12.1 Å². The molecule has 0 aliphatic heterocycles. The number of carbonyl (C=O) groups excluding carboxylic acids is 1. The number of esters is 1. The lowest BCUT2D eigenvalue weighted by atomic mass is 10.2. The van der Waals surface area contributed by atoms with E-state index in [2.05, 4.69) is 4.74 Å². The Morgan fingerprint density at radius 2 is 1.82 bits per heavy atom. The molecule has 1 aromatic carbocycles. The Kier molecular flexibility index (Phi) is 7.70. The molecule has 6 heteroatoms. The molecule has 17 heavy (non-hydrogen) atoms. The fourth-order valence-corrected chi connectivity index (χ4v) is 0.814. The number of aliphatic hydroxyl groups is 3. The Hall–Kier alpha value is -1.63. The SMILES string of the molecule is COC(=O)c1ccccc1O.OCC(O)CO. The van der Waals surface area contributed by atoms with Gasteiger partial charge in [0.15, 0.2) is 0 Å². The smallest absolute Gasteiger partial charge is 0.341 e. The monoisotopic (exact) mass is 244 g/mol. The van der Waals surface area contributed by atoms with Gasteiger partial charge < -0.3 is 25.2 Å². The summed E-state index contributed by atoms with van der Waals surface area (Å²) in [7, 11) is 1.27. The molecule has 0 saturated carbocycles. The number of ether oxygens (including phenoxy) is 1. The number of aliphatic hydroxyl groups excluding tert-OH is 3. The minimum atomic E-state index is -0.954. The van der Waals surface area contributed by atoms with Gasteiger partial charge in [-0.1, -0.05) is 12.1 Å². The van der Waals surface area contributed by atoms with E-state index in [0.29, 0.717) is 0 Å². The highest BCUT2D eigenvalue weighted by molar-refractivity contribution is 5.92. The molecule has 0 amide bonds. The maximum absolute atomic E-state index is 10.9. The van der Waals surface area contributed by atoms with Crippen molar-refractivity contribution in [3.8, 4) is 5.75 Å². The van der Waals surface area contributed by atoms with Crippen LogP contribution in [0, 0.1) is 0 Å². The summed E-state index contributed by atoms with van der Waals surface area (Å²) in [4.78, 5) is 10.9. The number of methoxy groups -OCH3 is 1. The number of carbonyl (C=O) groups is 1. The summed E-state index contributed by atoms with van der Waals surface area (Å²) in [5.74, 6) is -0.581. The minimum Gasteiger partial charge on any atom is -0.507 e. The third-order valence-corrected chi connectivity index (χ3v) is 1.73. The second-order valence-corrected chi connectivity index (χ2v) is 3.03. The first-order valence-corrected chi connectivity index (χ1v) is 4.82. The molecule has 4 N–H and O–H groups in total. The fourth-order valence-electron chi connectivity index (χ4n) is 0.814. The highest BCUT2D eigenvalue weighted by Gasteiger charge is 2.08. The molecular formula is C11H16O6. The van der Waals surface area contributed by atoms with E-state index in [-0.39, 0.29) is 24.5 Å². The molecule has 96 valence electrons. The Morgan fingerprint density at radius 1 is 1.29 bits per heavy atom.